The number of ether oxygens (including phenoxy) is 1. The molecule has 30 heavy (non-hydrogen) atoms. The Morgan fingerprint density at radius 1 is 1.23 bits per heavy atom. The molecule has 1 aromatic carbocycles. The zero-order valence-electron chi connectivity index (χ0n) is 17.0. The highest BCUT2D eigenvalue weighted by molar-refractivity contribution is 5.92. The number of carbonyl (C=O) groups is 1. The Morgan fingerprint density at radius 2 is 2.03 bits per heavy atom. The standard InChI is InChI=1S/C22H22N6O2/c1-13(14(2)21(23)29)17-6-5-7-20(15(17)3)30-22-19-8-9-24-28(19)12-18(26-22)16-10-25-27(4)11-16/h5-13H,2H2,1,3-4H3,(H2,23,29). The van der Waals surface area contributed by atoms with Crippen molar-refractivity contribution in [1.29, 1.82) is 0 Å². The van der Waals surface area contributed by atoms with E-state index >= 15 is 0 Å². The number of nitrogens with two attached hydrogens (primary N) is 1. The van der Waals surface area contributed by atoms with E-state index in [9.17, 15) is 4.79 Å². The van der Waals surface area contributed by atoms with E-state index in [2.05, 4.69) is 16.8 Å². The van der Waals surface area contributed by atoms with Crippen molar-refractivity contribution in [2.24, 2.45) is 12.8 Å². The lowest BCUT2D eigenvalue weighted by atomic mass is 9.90. The largest absolute Gasteiger partial charge is 0.437 e. The van der Waals surface area contributed by atoms with Gasteiger partial charge < -0.3 is 10.5 Å². The van der Waals surface area contributed by atoms with Crippen molar-refractivity contribution in [1.82, 2.24) is 24.4 Å². The average Bonchev–Trinajstić information content (AvgIpc) is 3.37. The Hall–Kier alpha value is -3.94. The van der Waals surface area contributed by atoms with Crippen LogP contribution in [0.25, 0.3) is 16.8 Å². The molecule has 0 bridgehead atoms. The molecule has 4 rings (SSSR count). The Bertz CT molecular complexity index is 1270. The highest BCUT2D eigenvalue weighted by Crippen LogP contribution is 2.34. The van der Waals surface area contributed by atoms with Gasteiger partial charge >= 0.3 is 0 Å². The lowest BCUT2D eigenvalue weighted by Crippen LogP contribution is -2.17. The second-order valence-electron chi connectivity index (χ2n) is 7.18. The SMILES string of the molecule is C=C(C(N)=O)C(C)c1cccc(Oc2nc(-c3cnn(C)c3)cn3nccc23)c1C. The molecule has 152 valence electrons. The summed E-state index contributed by atoms with van der Waals surface area (Å²) in [7, 11) is 1.85. The Balaban J connectivity index is 1.76. The second kappa shape index (κ2) is 7.47. The van der Waals surface area contributed by atoms with Gasteiger partial charge in [0.25, 0.3) is 0 Å². The maximum absolute atomic E-state index is 11.6. The van der Waals surface area contributed by atoms with Crippen LogP contribution in [0.3, 0.4) is 0 Å². The van der Waals surface area contributed by atoms with E-state index in [1.807, 2.05) is 57.6 Å². The normalized spacial score (nSPS) is 12.1. The number of hydrogen-bond acceptors (Lipinski definition) is 5. The van der Waals surface area contributed by atoms with E-state index in [1.165, 1.54) is 0 Å². The number of rotatable bonds is 6. The second-order valence-corrected chi connectivity index (χ2v) is 7.18. The van der Waals surface area contributed by atoms with E-state index < -0.39 is 5.91 Å². The molecule has 3 heterocycles. The molecular weight excluding hydrogens is 380 g/mol. The fourth-order valence-corrected chi connectivity index (χ4v) is 3.38. The lowest BCUT2D eigenvalue weighted by Gasteiger charge is -2.18. The van der Waals surface area contributed by atoms with Gasteiger partial charge in [-0.3, -0.25) is 9.48 Å². The van der Waals surface area contributed by atoms with Crippen LogP contribution in [-0.4, -0.2) is 30.3 Å². The number of carbonyl (C=O) groups excluding carboxylic acids is 1. The number of amides is 1. The van der Waals surface area contributed by atoms with Gasteiger partial charge in [-0.2, -0.15) is 10.2 Å². The average molecular weight is 402 g/mol. The fraction of sp³-hybridized carbons (Fsp3) is 0.182. The van der Waals surface area contributed by atoms with Crippen molar-refractivity contribution >= 4 is 11.4 Å². The van der Waals surface area contributed by atoms with E-state index in [0.29, 0.717) is 22.9 Å². The molecule has 0 spiro atoms. The summed E-state index contributed by atoms with van der Waals surface area (Å²) in [5.74, 6) is 0.321. The molecule has 0 saturated carbocycles. The van der Waals surface area contributed by atoms with Gasteiger partial charge in [-0.15, -0.1) is 0 Å². The summed E-state index contributed by atoms with van der Waals surface area (Å²) in [6.07, 6.45) is 7.15. The van der Waals surface area contributed by atoms with Gasteiger partial charge in [-0.25, -0.2) is 9.50 Å². The maximum atomic E-state index is 11.6. The Kier molecular flexibility index (Phi) is 4.83. The summed E-state index contributed by atoms with van der Waals surface area (Å²) in [5, 5.41) is 8.54. The number of benzene rings is 1. The number of fused-ring (bicyclic) bond motifs is 1. The quantitative estimate of drug-likeness (QED) is 0.498. The van der Waals surface area contributed by atoms with Crippen molar-refractivity contribution in [3.05, 3.63) is 72.3 Å². The summed E-state index contributed by atoms with van der Waals surface area (Å²) in [5.41, 5.74) is 9.86. The van der Waals surface area contributed by atoms with Crippen LogP contribution in [-0.2, 0) is 11.8 Å². The van der Waals surface area contributed by atoms with Gasteiger partial charge in [-0.05, 0) is 30.2 Å². The lowest BCUT2D eigenvalue weighted by molar-refractivity contribution is -0.114. The highest BCUT2D eigenvalue weighted by Gasteiger charge is 2.19. The summed E-state index contributed by atoms with van der Waals surface area (Å²) >= 11 is 0. The first kappa shape index (κ1) is 19.4. The Morgan fingerprint density at radius 3 is 2.73 bits per heavy atom. The van der Waals surface area contributed by atoms with Crippen LogP contribution in [0.2, 0.25) is 0 Å². The number of aromatic nitrogens is 5. The first-order valence-corrected chi connectivity index (χ1v) is 9.44. The minimum atomic E-state index is -0.514. The molecular formula is C22H22N6O2. The molecule has 3 aromatic heterocycles. The van der Waals surface area contributed by atoms with Gasteiger partial charge in [0.15, 0.2) is 0 Å². The molecule has 1 amide bonds. The van der Waals surface area contributed by atoms with E-state index in [1.54, 1.807) is 21.6 Å². The third-order valence-electron chi connectivity index (χ3n) is 5.19. The van der Waals surface area contributed by atoms with Crippen LogP contribution in [0.5, 0.6) is 11.6 Å². The predicted molar refractivity (Wildman–Crippen MR) is 113 cm³/mol. The summed E-state index contributed by atoms with van der Waals surface area (Å²) in [6.45, 7) is 7.66. The predicted octanol–water partition coefficient (Wildman–Crippen LogP) is 3.38. The molecule has 1 unspecified atom stereocenters. The molecule has 4 aromatic rings. The molecule has 0 fully saturated rings. The van der Waals surface area contributed by atoms with E-state index in [0.717, 1.165) is 22.2 Å². The number of primary amides is 1. The minimum absolute atomic E-state index is 0.226. The fourth-order valence-electron chi connectivity index (χ4n) is 3.38. The Labute approximate surface area is 173 Å². The third-order valence-corrected chi connectivity index (χ3v) is 5.19. The van der Waals surface area contributed by atoms with Crippen molar-refractivity contribution in [2.75, 3.05) is 0 Å². The molecule has 8 nitrogen and oxygen atoms in total. The van der Waals surface area contributed by atoms with Crippen molar-refractivity contribution in [3.63, 3.8) is 0 Å². The first-order chi connectivity index (χ1) is 14.3. The van der Waals surface area contributed by atoms with Gasteiger partial charge in [0, 0.05) is 30.3 Å². The van der Waals surface area contributed by atoms with Gasteiger partial charge in [-0.1, -0.05) is 25.6 Å². The maximum Gasteiger partial charge on any atom is 0.246 e. The van der Waals surface area contributed by atoms with Gasteiger partial charge in [0.05, 0.1) is 24.3 Å². The van der Waals surface area contributed by atoms with Crippen LogP contribution < -0.4 is 10.5 Å². The van der Waals surface area contributed by atoms with Gasteiger partial charge in [0.2, 0.25) is 11.8 Å². The molecule has 0 aliphatic heterocycles. The van der Waals surface area contributed by atoms with E-state index in [4.69, 9.17) is 15.5 Å². The summed E-state index contributed by atoms with van der Waals surface area (Å²) < 4.78 is 9.67. The van der Waals surface area contributed by atoms with E-state index in [-0.39, 0.29) is 5.92 Å². The zero-order chi connectivity index (χ0) is 21.4. The molecule has 0 saturated heterocycles. The van der Waals surface area contributed by atoms with Crippen LogP contribution in [0.15, 0.2) is 61.2 Å². The van der Waals surface area contributed by atoms with Crippen LogP contribution in [0.4, 0.5) is 0 Å². The number of nitrogens with zero attached hydrogens (tertiary/aromatic N) is 5. The first-order valence-electron chi connectivity index (χ1n) is 9.44. The van der Waals surface area contributed by atoms with Crippen LogP contribution >= 0.6 is 0 Å². The topological polar surface area (TPSA) is 100 Å². The highest BCUT2D eigenvalue weighted by atomic mass is 16.5. The molecule has 1 atom stereocenters. The molecule has 2 N–H and O–H groups in total. The van der Waals surface area contributed by atoms with Crippen molar-refractivity contribution in [2.45, 2.75) is 19.8 Å². The molecule has 0 aliphatic carbocycles. The number of hydrogen-bond donors (Lipinski definition) is 1. The summed E-state index contributed by atoms with van der Waals surface area (Å²) in [6, 6.07) is 7.52. The third kappa shape index (κ3) is 3.43. The molecule has 0 radical (unpaired) electrons. The number of aryl methyl sites for hydroxylation is 1. The smallest absolute Gasteiger partial charge is 0.246 e. The molecule has 0 aliphatic rings. The van der Waals surface area contributed by atoms with Crippen LogP contribution in [0, 0.1) is 6.92 Å². The summed E-state index contributed by atoms with van der Waals surface area (Å²) in [4.78, 5) is 16.3. The molecule has 8 heteroatoms. The van der Waals surface area contributed by atoms with Crippen molar-refractivity contribution in [3.8, 4) is 22.9 Å². The van der Waals surface area contributed by atoms with Gasteiger partial charge in [0.1, 0.15) is 11.3 Å². The van der Waals surface area contributed by atoms with Crippen LogP contribution in [0.1, 0.15) is 24.0 Å². The van der Waals surface area contributed by atoms with Crippen molar-refractivity contribution < 1.29 is 9.53 Å². The monoisotopic (exact) mass is 402 g/mol. The minimum Gasteiger partial charge on any atom is -0.437 e. The zero-order valence-corrected chi connectivity index (χ0v) is 17.0.